The topological polar surface area (TPSA) is 124 Å². The van der Waals surface area contributed by atoms with Crippen molar-refractivity contribution in [2.24, 2.45) is 0 Å². The van der Waals surface area contributed by atoms with Gasteiger partial charge in [0.25, 0.3) is 0 Å². The van der Waals surface area contributed by atoms with E-state index in [0.29, 0.717) is 47.0 Å². The average Bonchev–Trinajstić information content (AvgIpc) is 3.39. The third-order valence-electron chi connectivity index (χ3n) is 12.0. The van der Waals surface area contributed by atoms with Crippen LogP contribution in [0.2, 0.25) is 0 Å². The van der Waals surface area contributed by atoms with Crippen molar-refractivity contribution in [3.05, 3.63) is 93.0 Å². The third kappa shape index (κ3) is 24.6. The van der Waals surface area contributed by atoms with E-state index in [1.807, 2.05) is 12.1 Å². The average molecular weight is 991 g/mol. The van der Waals surface area contributed by atoms with Gasteiger partial charge < -0.3 is 28.4 Å². The van der Waals surface area contributed by atoms with E-state index in [9.17, 15) is 19.2 Å². The van der Waals surface area contributed by atoms with Gasteiger partial charge in [0.2, 0.25) is 0 Å². The number of carbonyl (C=O) groups is 4. The molecule has 0 fully saturated rings. The van der Waals surface area contributed by atoms with Crippen molar-refractivity contribution in [1.29, 1.82) is 0 Å². The predicted octanol–water partition coefficient (Wildman–Crippen LogP) is 15.4. The van der Waals surface area contributed by atoms with Crippen molar-refractivity contribution in [3.8, 4) is 35.2 Å². The highest BCUT2D eigenvalue weighted by atomic mass is 16.5. The van der Waals surface area contributed by atoms with E-state index in [4.69, 9.17) is 28.4 Å². The van der Waals surface area contributed by atoms with Gasteiger partial charge in [-0.3, -0.25) is 0 Å². The Hall–Kier alpha value is -5.74. The van der Waals surface area contributed by atoms with Gasteiger partial charge in [-0.1, -0.05) is 181 Å². The predicted molar refractivity (Wildman–Crippen MR) is 288 cm³/mol. The van der Waals surface area contributed by atoms with Crippen LogP contribution in [0.3, 0.4) is 0 Å². The van der Waals surface area contributed by atoms with Crippen molar-refractivity contribution >= 4 is 23.9 Å². The SMILES string of the molecule is CCCCCCOC(=O)c1cc(C#Cc2cc(OCCCCCC)c(C#Cc3cc(C(=O)OCCCCCC)cc(C(=O)OCCCCCC)c3)cc2OCCCCCC)cc(C(=O)OCCCCCC)c1. The van der Waals surface area contributed by atoms with Crippen LogP contribution in [0, 0.1) is 23.7 Å². The molecule has 0 bridgehead atoms. The highest BCUT2D eigenvalue weighted by Gasteiger charge is 2.18. The second kappa shape index (κ2) is 38.0. The van der Waals surface area contributed by atoms with Gasteiger partial charge in [0, 0.05) is 23.3 Å². The quantitative estimate of drug-likeness (QED) is 0.0241. The largest absolute Gasteiger partial charge is 0.492 e. The molecule has 0 heterocycles. The van der Waals surface area contributed by atoms with Gasteiger partial charge >= 0.3 is 23.9 Å². The first-order chi connectivity index (χ1) is 35.2. The summed E-state index contributed by atoms with van der Waals surface area (Å²) >= 11 is 0. The van der Waals surface area contributed by atoms with E-state index in [1.54, 1.807) is 24.3 Å². The highest BCUT2D eigenvalue weighted by Crippen LogP contribution is 2.30. The van der Waals surface area contributed by atoms with Gasteiger partial charge in [0.1, 0.15) is 11.5 Å². The molecule has 3 rings (SSSR count). The number of rotatable bonds is 36. The normalized spacial score (nSPS) is 10.6. The van der Waals surface area contributed by atoms with E-state index in [0.717, 1.165) is 154 Å². The van der Waals surface area contributed by atoms with Crippen LogP contribution in [-0.2, 0) is 18.9 Å². The zero-order valence-electron chi connectivity index (χ0n) is 44.9. The fourth-order valence-electron chi connectivity index (χ4n) is 7.67. The van der Waals surface area contributed by atoms with E-state index >= 15 is 0 Å². The van der Waals surface area contributed by atoms with Crippen molar-refractivity contribution < 1.29 is 47.6 Å². The van der Waals surface area contributed by atoms with Crippen molar-refractivity contribution in [3.63, 3.8) is 0 Å². The molecule has 10 heteroatoms. The zero-order valence-corrected chi connectivity index (χ0v) is 44.9. The third-order valence-corrected chi connectivity index (χ3v) is 12.0. The Morgan fingerprint density at radius 3 is 0.806 bits per heavy atom. The number of esters is 4. The molecule has 394 valence electrons. The van der Waals surface area contributed by atoms with Crippen LogP contribution >= 0.6 is 0 Å². The zero-order chi connectivity index (χ0) is 52.0. The van der Waals surface area contributed by atoms with Crippen LogP contribution in [0.4, 0.5) is 0 Å². The molecule has 0 N–H and O–H groups in total. The maximum absolute atomic E-state index is 13.4. The first kappa shape index (κ1) is 60.6. The Balaban J connectivity index is 2.17. The minimum absolute atomic E-state index is 0.219. The van der Waals surface area contributed by atoms with E-state index < -0.39 is 23.9 Å². The molecule has 0 aliphatic rings. The Bertz CT molecular complexity index is 1960. The number of benzene rings is 3. The van der Waals surface area contributed by atoms with Crippen molar-refractivity contribution in [2.45, 2.75) is 196 Å². The van der Waals surface area contributed by atoms with Crippen LogP contribution in [0.25, 0.3) is 0 Å². The van der Waals surface area contributed by atoms with Crippen LogP contribution in [0.15, 0.2) is 48.5 Å². The van der Waals surface area contributed by atoms with E-state index in [2.05, 4.69) is 65.2 Å². The highest BCUT2D eigenvalue weighted by molar-refractivity contribution is 5.97. The van der Waals surface area contributed by atoms with Crippen LogP contribution in [0.1, 0.15) is 259 Å². The van der Waals surface area contributed by atoms with Gasteiger partial charge in [-0.15, -0.1) is 0 Å². The Kier molecular flexibility index (Phi) is 31.9. The molecule has 3 aromatic carbocycles. The lowest BCUT2D eigenvalue weighted by Gasteiger charge is -2.14. The molecule has 0 amide bonds. The molecule has 0 radical (unpaired) electrons. The monoisotopic (exact) mass is 991 g/mol. The molecule has 0 aromatic heterocycles. The smallest absolute Gasteiger partial charge is 0.338 e. The van der Waals surface area contributed by atoms with E-state index in [1.165, 1.54) is 12.1 Å². The second-order valence-electron chi connectivity index (χ2n) is 18.5. The summed E-state index contributed by atoms with van der Waals surface area (Å²) in [6.45, 7) is 14.9. The molecule has 0 aliphatic heterocycles. The number of hydrogen-bond acceptors (Lipinski definition) is 10. The summed E-state index contributed by atoms with van der Waals surface area (Å²) in [5, 5.41) is 0. The Morgan fingerprint density at radius 1 is 0.306 bits per heavy atom. The molecule has 0 saturated heterocycles. The summed E-state index contributed by atoms with van der Waals surface area (Å²) in [5.41, 5.74) is 2.82. The van der Waals surface area contributed by atoms with Gasteiger partial charge in [-0.2, -0.15) is 0 Å². The van der Waals surface area contributed by atoms with Gasteiger partial charge in [-0.05, 0) is 74.9 Å². The number of ether oxygens (including phenoxy) is 6. The van der Waals surface area contributed by atoms with Gasteiger partial charge in [0.05, 0.1) is 73.0 Å². The molecule has 0 spiro atoms. The van der Waals surface area contributed by atoms with Crippen molar-refractivity contribution in [2.75, 3.05) is 39.6 Å². The minimum atomic E-state index is -0.527. The fourth-order valence-corrected chi connectivity index (χ4v) is 7.67. The number of carbonyl (C=O) groups excluding carboxylic acids is 4. The summed E-state index contributed by atoms with van der Waals surface area (Å²) in [6.07, 6.45) is 23.4. The fraction of sp³-hybridized carbons (Fsp3) is 0.581. The molecule has 10 nitrogen and oxygen atoms in total. The summed E-state index contributed by atoms with van der Waals surface area (Å²) in [5.74, 6) is 11.9. The van der Waals surface area contributed by atoms with Gasteiger partial charge in [0.15, 0.2) is 0 Å². The summed E-state index contributed by atoms with van der Waals surface area (Å²) in [6, 6.07) is 13.3. The number of unbranched alkanes of at least 4 members (excludes halogenated alkanes) is 18. The lowest BCUT2D eigenvalue weighted by molar-refractivity contribution is 0.0478. The van der Waals surface area contributed by atoms with Gasteiger partial charge in [-0.25, -0.2) is 19.2 Å². The molecular formula is C62H86O10. The number of hydrogen-bond donors (Lipinski definition) is 0. The maximum atomic E-state index is 13.4. The van der Waals surface area contributed by atoms with E-state index in [-0.39, 0.29) is 48.7 Å². The first-order valence-electron chi connectivity index (χ1n) is 27.6. The molecule has 0 saturated carbocycles. The lowest BCUT2D eigenvalue weighted by atomic mass is 10.0. The summed E-state index contributed by atoms with van der Waals surface area (Å²) < 4.78 is 35.5. The first-order valence-corrected chi connectivity index (χ1v) is 27.6. The summed E-state index contributed by atoms with van der Waals surface area (Å²) in [7, 11) is 0. The van der Waals surface area contributed by atoms with Crippen molar-refractivity contribution in [1.82, 2.24) is 0 Å². The standard InChI is InChI=1S/C62H86O10/c1-7-13-19-25-35-67-57-47-52(34-32-50-43-55(61(65)71-39-29-23-17-11-5)46-56(44-50)62(66)72-40-30-24-18-12-6)58(68-36-26-20-14-8-2)48-51(57)33-31-49-41-53(59(63)69-37-27-21-15-9-3)45-54(42-49)60(64)70-38-28-22-16-10-4/h41-48H,7-30,35-40H2,1-6H3. The van der Waals surface area contributed by atoms with Crippen LogP contribution < -0.4 is 9.47 Å². The lowest BCUT2D eigenvalue weighted by Crippen LogP contribution is -2.11. The Labute approximate surface area is 433 Å². The molecule has 72 heavy (non-hydrogen) atoms. The summed E-state index contributed by atoms with van der Waals surface area (Å²) in [4.78, 5) is 53.6. The maximum Gasteiger partial charge on any atom is 0.338 e. The van der Waals surface area contributed by atoms with Crippen LogP contribution in [-0.4, -0.2) is 63.5 Å². The molecule has 3 aromatic rings. The molecule has 0 aliphatic carbocycles. The second-order valence-corrected chi connectivity index (χ2v) is 18.5. The Morgan fingerprint density at radius 2 is 0.556 bits per heavy atom. The molecule has 0 unspecified atom stereocenters. The molecular weight excluding hydrogens is 905 g/mol. The van der Waals surface area contributed by atoms with Crippen LogP contribution in [0.5, 0.6) is 11.5 Å². The molecule has 0 atom stereocenters. The minimum Gasteiger partial charge on any atom is -0.492 e.